The molecule has 0 saturated carbocycles. The first-order chi connectivity index (χ1) is 10.6. The molecule has 1 aromatic heterocycles. The number of nitrogens with zero attached hydrogens (tertiary/aromatic N) is 2. The van der Waals surface area contributed by atoms with Crippen LogP contribution < -0.4 is 9.64 Å². The van der Waals surface area contributed by atoms with Crippen molar-refractivity contribution in [3.05, 3.63) is 18.2 Å². The SMILES string of the molecule is COc1ccc2nc(N3CC(CSC(C)=O)CC3=O)[nH]c2c1. The molecule has 6 nitrogen and oxygen atoms in total. The summed E-state index contributed by atoms with van der Waals surface area (Å²) in [7, 11) is 1.61. The lowest BCUT2D eigenvalue weighted by Crippen LogP contribution is -2.25. The predicted molar refractivity (Wildman–Crippen MR) is 86.2 cm³/mol. The number of nitrogens with one attached hydrogen (secondary N) is 1. The van der Waals surface area contributed by atoms with E-state index in [1.165, 1.54) is 11.8 Å². The number of aromatic amines is 1. The summed E-state index contributed by atoms with van der Waals surface area (Å²) in [4.78, 5) is 32.5. The molecule has 1 amide bonds. The first-order valence-corrected chi connectivity index (χ1v) is 8.03. The van der Waals surface area contributed by atoms with E-state index in [2.05, 4.69) is 9.97 Å². The van der Waals surface area contributed by atoms with Crippen LogP contribution in [-0.2, 0) is 9.59 Å². The summed E-state index contributed by atoms with van der Waals surface area (Å²) >= 11 is 1.27. The average Bonchev–Trinajstić information content (AvgIpc) is 3.07. The molecule has 2 heterocycles. The summed E-state index contributed by atoms with van der Waals surface area (Å²) < 4.78 is 5.19. The second-order valence-corrected chi connectivity index (χ2v) is 6.52. The quantitative estimate of drug-likeness (QED) is 0.935. The van der Waals surface area contributed by atoms with E-state index in [1.54, 1.807) is 18.9 Å². The van der Waals surface area contributed by atoms with Crippen molar-refractivity contribution in [2.45, 2.75) is 13.3 Å². The number of rotatable bonds is 4. The molecular formula is C15H17N3O3S. The summed E-state index contributed by atoms with van der Waals surface area (Å²) in [6, 6.07) is 5.55. The van der Waals surface area contributed by atoms with Crippen LogP contribution in [0.3, 0.4) is 0 Å². The Balaban J connectivity index is 1.78. The molecule has 0 bridgehead atoms. The fourth-order valence-corrected chi connectivity index (χ4v) is 3.26. The Bertz CT molecular complexity index is 728. The first-order valence-electron chi connectivity index (χ1n) is 7.04. The number of anilines is 1. The largest absolute Gasteiger partial charge is 0.497 e. The molecule has 1 N–H and O–H groups in total. The number of methoxy groups -OCH3 is 1. The van der Waals surface area contributed by atoms with Gasteiger partial charge in [0, 0.05) is 31.7 Å². The van der Waals surface area contributed by atoms with E-state index in [9.17, 15) is 9.59 Å². The number of hydrogen-bond acceptors (Lipinski definition) is 5. The molecule has 1 fully saturated rings. The maximum absolute atomic E-state index is 12.2. The normalized spacial score (nSPS) is 18.2. The van der Waals surface area contributed by atoms with Crippen molar-refractivity contribution in [1.29, 1.82) is 0 Å². The third-order valence-corrected chi connectivity index (χ3v) is 4.70. The van der Waals surface area contributed by atoms with Gasteiger partial charge in [-0.2, -0.15) is 0 Å². The van der Waals surface area contributed by atoms with Gasteiger partial charge >= 0.3 is 0 Å². The van der Waals surface area contributed by atoms with Gasteiger partial charge in [0.25, 0.3) is 0 Å². The van der Waals surface area contributed by atoms with E-state index in [4.69, 9.17) is 4.74 Å². The Morgan fingerprint density at radius 2 is 2.36 bits per heavy atom. The predicted octanol–water partition coefficient (Wildman–Crippen LogP) is 2.20. The van der Waals surface area contributed by atoms with Crippen molar-refractivity contribution < 1.29 is 14.3 Å². The number of amides is 1. The highest BCUT2D eigenvalue weighted by Crippen LogP contribution is 2.28. The van der Waals surface area contributed by atoms with E-state index in [-0.39, 0.29) is 16.9 Å². The van der Waals surface area contributed by atoms with Gasteiger partial charge in [0.05, 0.1) is 18.1 Å². The highest BCUT2D eigenvalue weighted by atomic mass is 32.2. The number of hydrogen-bond donors (Lipinski definition) is 1. The van der Waals surface area contributed by atoms with Gasteiger partial charge in [-0.25, -0.2) is 4.98 Å². The van der Waals surface area contributed by atoms with Gasteiger partial charge in [-0.3, -0.25) is 14.5 Å². The minimum Gasteiger partial charge on any atom is -0.497 e. The summed E-state index contributed by atoms with van der Waals surface area (Å²) in [5.41, 5.74) is 1.63. The Hall–Kier alpha value is -2.02. The smallest absolute Gasteiger partial charge is 0.229 e. The van der Waals surface area contributed by atoms with Gasteiger partial charge in [0.15, 0.2) is 5.12 Å². The van der Waals surface area contributed by atoms with Gasteiger partial charge < -0.3 is 9.72 Å². The van der Waals surface area contributed by atoms with Crippen molar-refractivity contribution in [3.8, 4) is 5.75 Å². The van der Waals surface area contributed by atoms with Crippen molar-refractivity contribution >= 4 is 39.8 Å². The zero-order valence-corrected chi connectivity index (χ0v) is 13.3. The molecule has 7 heteroatoms. The molecule has 0 spiro atoms. The number of carbonyl (C=O) groups excluding carboxylic acids is 2. The third-order valence-electron chi connectivity index (χ3n) is 3.66. The molecule has 1 atom stereocenters. The van der Waals surface area contributed by atoms with Crippen LogP contribution >= 0.6 is 11.8 Å². The highest BCUT2D eigenvalue weighted by molar-refractivity contribution is 8.13. The lowest BCUT2D eigenvalue weighted by Gasteiger charge is -2.12. The van der Waals surface area contributed by atoms with Crippen molar-refractivity contribution in [2.24, 2.45) is 5.92 Å². The molecule has 116 valence electrons. The van der Waals surface area contributed by atoms with Crippen LogP contribution in [0, 0.1) is 5.92 Å². The minimum absolute atomic E-state index is 0.0418. The summed E-state index contributed by atoms with van der Waals surface area (Å²) in [5, 5.41) is 0.0849. The zero-order chi connectivity index (χ0) is 15.7. The minimum atomic E-state index is 0.0418. The number of thioether (sulfide) groups is 1. The van der Waals surface area contributed by atoms with Gasteiger partial charge in [-0.05, 0) is 18.1 Å². The number of carbonyl (C=O) groups is 2. The van der Waals surface area contributed by atoms with Crippen molar-refractivity contribution in [3.63, 3.8) is 0 Å². The van der Waals surface area contributed by atoms with Crippen LogP contribution in [0.15, 0.2) is 18.2 Å². The van der Waals surface area contributed by atoms with E-state index < -0.39 is 0 Å². The van der Waals surface area contributed by atoms with Crippen LogP contribution in [0.5, 0.6) is 5.75 Å². The van der Waals surface area contributed by atoms with Crippen molar-refractivity contribution in [2.75, 3.05) is 24.3 Å². The molecule has 1 aliphatic rings. The van der Waals surface area contributed by atoms with E-state index in [0.717, 1.165) is 16.8 Å². The van der Waals surface area contributed by atoms with E-state index in [0.29, 0.717) is 24.7 Å². The summed E-state index contributed by atoms with van der Waals surface area (Å²) in [5.74, 6) is 2.20. The Morgan fingerprint density at radius 1 is 1.55 bits per heavy atom. The molecular weight excluding hydrogens is 302 g/mol. The molecule has 0 radical (unpaired) electrons. The van der Waals surface area contributed by atoms with E-state index in [1.807, 2.05) is 18.2 Å². The van der Waals surface area contributed by atoms with Gasteiger partial charge in [0.2, 0.25) is 11.9 Å². The van der Waals surface area contributed by atoms with Crippen LogP contribution in [-0.4, -0.2) is 40.4 Å². The van der Waals surface area contributed by atoms with Crippen molar-refractivity contribution in [1.82, 2.24) is 9.97 Å². The first kappa shape index (κ1) is 14.9. The highest BCUT2D eigenvalue weighted by Gasteiger charge is 2.32. The molecule has 1 aromatic carbocycles. The number of ether oxygens (including phenoxy) is 1. The number of aromatic nitrogens is 2. The number of H-pyrrole nitrogens is 1. The molecule has 1 saturated heterocycles. The third kappa shape index (κ3) is 2.94. The van der Waals surface area contributed by atoms with E-state index >= 15 is 0 Å². The topological polar surface area (TPSA) is 75.3 Å². The second kappa shape index (κ2) is 6.00. The molecule has 0 aliphatic carbocycles. The van der Waals surface area contributed by atoms with Gasteiger partial charge in [0.1, 0.15) is 5.75 Å². The van der Waals surface area contributed by atoms with Crippen LogP contribution in [0.4, 0.5) is 5.95 Å². The summed E-state index contributed by atoms with van der Waals surface area (Å²) in [6.45, 7) is 2.14. The standard InChI is InChI=1S/C15H17N3O3S/c1-9(19)22-8-10-5-14(20)18(7-10)15-16-12-4-3-11(21-2)6-13(12)17-15/h3-4,6,10H,5,7-8H2,1-2H3,(H,16,17). The Kier molecular flexibility index (Phi) is 4.06. The monoisotopic (exact) mass is 319 g/mol. The lowest BCUT2D eigenvalue weighted by atomic mass is 10.1. The molecule has 1 unspecified atom stereocenters. The fourth-order valence-electron chi connectivity index (χ4n) is 2.56. The van der Waals surface area contributed by atoms with Crippen LogP contribution in [0.2, 0.25) is 0 Å². The number of benzene rings is 1. The van der Waals surface area contributed by atoms with Crippen LogP contribution in [0.25, 0.3) is 11.0 Å². The second-order valence-electron chi connectivity index (χ2n) is 5.32. The maximum Gasteiger partial charge on any atom is 0.229 e. The zero-order valence-electron chi connectivity index (χ0n) is 12.5. The Morgan fingerprint density at radius 3 is 3.09 bits per heavy atom. The Labute approximate surface area is 132 Å². The number of imidazole rings is 1. The molecule has 22 heavy (non-hydrogen) atoms. The average molecular weight is 319 g/mol. The molecule has 3 rings (SSSR count). The number of fused-ring (bicyclic) bond motifs is 1. The molecule has 1 aliphatic heterocycles. The lowest BCUT2D eigenvalue weighted by molar-refractivity contribution is -0.117. The van der Waals surface area contributed by atoms with Gasteiger partial charge in [-0.15, -0.1) is 0 Å². The molecule has 2 aromatic rings. The summed E-state index contributed by atoms with van der Waals surface area (Å²) in [6.07, 6.45) is 0.459. The van der Waals surface area contributed by atoms with Crippen LogP contribution in [0.1, 0.15) is 13.3 Å². The fraction of sp³-hybridized carbons (Fsp3) is 0.400. The maximum atomic E-state index is 12.2. The van der Waals surface area contributed by atoms with Gasteiger partial charge in [-0.1, -0.05) is 11.8 Å².